The van der Waals surface area contributed by atoms with Crippen LogP contribution < -0.4 is 9.90 Å². The lowest BCUT2D eigenvalue weighted by Gasteiger charge is -2.28. The first kappa shape index (κ1) is 21.6. The van der Waals surface area contributed by atoms with Crippen LogP contribution in [0.25, 0.3) is 0 Å². The lowest BCUT2D eigenvalue weighted by Crippen LogP contribution is -2.55. The minimum absolute atomic E-state index is 0.127. The summed E-state index contributed by atoms with van der Waals surface area (Å²) >= 11 is 0. The molecule has 0 spiro atoms. The minimum Gasteiger partial charge on any atom is -0.284 e. The van der Waals surface area contributed by atoms with Gasteiger partial charge in [0.2, 0.25) is 15.9 Å². The fourth-order valence-electron chi connectivity index (χ4n) is 3.23. The van der Waals surface area contributed by atoms with E-state index in [0.717, 1.165) is 17.4 Å². The molecule has 0 saturated carbocycles. The number of hydrogen-bond donors (Lipinski definition) is 2. The van der Waals surface area contributed by atoms with Crippen molar-refractivity contribution in [3.63, 3.8) is 0 Å². The molecule has 0 saturated heterocycles. The maximum absolute atomic E-state index is 13.1. The second-order valence-electron chi connectivity index (χ2n) is 8.35. The minimum atomic E-state index is -3.36. The molecular formula is C21H25N4O4S+. The number of carbonyl (C=O) groups excluding carboxylic acids is 1. The van der Waals surface area contributed by atoms with Crippen molar-refractivity contribution in [2.24, 2.45) is 10.5 Å². The van der Waals surface area contributed by atoms with Crippen molar-refractivity contribution in [3.05, 3.63) is 64.6 Å². The Kier molecular flexibility index (Phi) is 5.76. The Morgan fingerprint density at radius 2 is 1.83 bits per heavy atom. The fraction of sp³-hybridized carbons (Fsp3) is 0.333. The molecule has 9 heteroatoms. The van der Waals surface area contributed by atoms with Gasteiger partial charge in [0.15, 0.2) is 0 Å². The van der Waals surface area contributed by atoms with E-state index in [2.05, 4.69) is 9.82 Å². The molecule has 2 aromatic rings. The number of nitroso groups, excluding NO2 is 1. The van der Waals surface area contributed by atoms with Crippen LogP contribution in [0, 0.1) is 10.3 Å². The Bertz CT molecular complexity index is 1100. The van der Waals surface area contributed by atoms with E-state index >= 15 is 0 Å². The summed E-state index contributed by atoms with van der Waals surface area (Å²) in [7, 11) is -3.36. The van der Waals surface area contributed by atoms with Crippen LogP contribution in [-0.2, 0) is 14.8 Å². The zero-order valence-electron chi connectivity index (χ0n) is 17.3. The highest BCUT2D eigenvalue weighted by Gasteiger charge is 2.38. The summed E-state index contributed by atoms with van der Waals surface area (Å²) in [5.74, 6) is -0.127. The predicted octanol–water partition coefficient (Wildman–Crippen LogP) is 2.26. The lowest BCUT2D eigenvalue weighted by atomic mass is 9.93. The summed E-state index contributed by atoms with van der Waals surface area (Å²) in [4.78, 5) is 24.1. The normalized spacial score (nSPS) is 16.9. The smallest absolute Gasteiger partial charge is 0.253 e. The van der Waals surface area contributed by atoms with Crippen LogP contribution in [0.15, 0.2) is 53.6 Å². The highest BCUT2D eigenvalue weighted by atomic mass is 32.2. The van der Waals surface area contributed by atoms with Crippen LogP contribution in [0.5, 0.6) is 0 Å². The van der Waals surface area contributed by atoms with E-state index < -0.39 is 15.4 Å². The molecule has 8 nitrogen and oxygen atoms in total. The topological polar surface area (TPSA) is 110 Å². The van der Waals surface area contributed by atoms with Crippen LogP contribution in [0.1, 0.15) is 44.4 Å². The van der Waals surface area contributed by atoms with Gasteiger partial charge in [0.1, 0.15) is 0 Å². The van der Waals surface area contributed by atoms with Crippen molar-refractivity contribution in [1.29, 1.82) is 0 Å². The third kappa shape index (κ3) is 4.91. The standard InChI is InChI=1S/C21H24N4O4S/c1-21(2,3)20(26)25-19(15-6-5-7-17(12-15)23-27)13-18(22-25)14-8-10-16(11-9-14)24-30(4,28)29/h5-12,19,24H,13H2,1-4H3/p+1. The Morgan fingerprint density at radius 1 is 1.17 bits per heavy atom. The number of carbonyl (C=O) groups is 1. The third-order valence-corrected chi connectivity index (χ3v) is 5.28. The molecule has 1 amide bonds. The molecule has 3 rings (SSSR count). The van der Waals surface area contributed by atoms with Gasteiger partial charge in [-0.25, -0.2) is 13.4 Å². The van der Waals surface area contributed by atoms with E-state index in [-0.39, 0.29) is 11.9 Å². The molecule has 0 aliphatic carbocycles. The average Bonchev–Trinajstić information content (AvgIpc) is 3.11. The molecule has 0 aromatic heterocycles. The second-order valence-corrected chi connectivity index (χ2v) is 10.1. The number of nitrogens with one attached hydrogen (secondary N) is 2. The number of sulfonamides is 1. The average molecular weight is 430 g/mol. The Labute approximate surface area is 176 Å². The van der Waals surface area contributed by atoms with Gasteiger partial charge in [0, 0.05) is 39.7 Å². The zero-order chi connectivity index (χ0) is 22.1. The van der Waals surface area contributed by atoms with Gasteiger partial charge >= 0.3 is 0 Å². The highest BCUT2D eigenvalue weighted by molar-refractivity contribution is 7.92. The number of rotatable bonds is 5. The molecule has 1 aliphatic rings. The summed E-state index contributed by atoms with van der Waals surface area (Å²) in [6, 6.07) is 13.5. The molecule has 158 valence electrons. The Morgan fingerprint density at radius 3 is 2.40 bits per heavy atom. The number of amides is 1. The molecule has 1 heterocycles. The molecule has 0 bridgehead atoms. The van der Waals surface area contributed by atoms with E-state index in [0.29, 0.717) is 23.5 Å². The van der Waals surface area contributed by atoms with Gasteiger partial charge in [-0.1, -0.05) is 45.0 Å². The monoisotopic (exact) mass is 429 g/mol. The van der Waals surface area contributed by atoms with Crippen molar-refractivity contribution >= 4 is 33.0 Å². The molecule has 1 unspecified atom stereocenters. The predicted molar refractivity (Wildman–Crippen MR) is 116 cm³/mol. The van der Waals surface area contributed by atoms with Gasteiger partial charge in [-0.15, -0.1) is 0 Å². The summed E-state index contributed by atoms with van der Waals surface area (Å²) in [6.07, 6.45) is 1.57. The lowest BCUT2D eigenvalue weighted by molar-refractivity contribution is -0.379. The number of benzene rings is 2. The van der Waals surface area contributed by atoms with Crippen molar-refractivity contribution in [1.82, 2.24) is 5.01 Å². The summed E-state index contributed by atoms with van der Waals surface area (Å²) in [5, 5.41) is 7.98. The van der Waals surface area contributed by atoms with Crippen molar-refractivity contribution in [2.45, 2.75) is 33.2 Å². The molecule has 2 N–H and O–H groups in total. The van der Waals surface area contributed by atoms with E-state index in [4.69, 9.17) is 0 Å². The number of hydrazone groups is 1. The van der Waals surface area contributed by atoms with Gasteiger partial charge in [-0.3, -0.25) is 9.52 Å². The highest BCUT2D eigenvalue weighted by Crippen LogP contribution is 2.36. The van der Waals surface area contributed by atoms with Crippen LogP contribution in [0.3, 0.4) is 0 Å². The largest absolute Gasteiger partial charge is 0.284 e. The number of hydrogen-bond acceptors (Lipinski definition) is 5. The Hall–Kier alpha value is -3.07. The maximum Gasteiger partial charge on any atom is 0.253 e. The second kappa shape index (κ2) is 7.98. The summed E-state index contributed by atoms with van der Waals surface area (Å²) in [5.41, 5.74) is 2.55. The molecule has 0 fully saturated rings. The van der Waals surface area contributed by atoms with Crippen molar-refractivity contribution in [3.8, 4) is 0 Å². The SMILES string of the molecule is CC(C)(C)C(=O)N1N=C(c2ccc(NS(C)(=O)=O)cc2)CC1c1cccc([NH+]=O)c1. The van der Waals surface area contributed by atoms with Gasteiger partial charge in [0.05, 0.1) is 18.0 Å². The quantitative estimate of drug-likeness (QED) is 0.760. The van der Waals surface area contributed by atoms with Crippen molar-refractivity contribution in [2.75, 3.05) is 11.0 Å². The zero-order valence-corrected chi connectivity index (χ0v) is 18.2. The number of nitrogens with zero attached hydrogens (tertiary/aromatic N) is 2. The van der Waals surface area contributed by atoms with Gasteiger partial charge < -0.3 is 0 Å². The van der Waals surface area contributed by atoms with Gasteiger partial charge in [-0.2, -0.15) is 5.10 Å². The molecule has 30 heavy (non-hydrogen) atoms. The van der Waals surface area contributed by atoms with Gasteiger partial charge in [0.25, 0.3) is 5.69 Å². The molecule has 2 aromatic carbocycles. The molecule has 1 atom stereocenters. The molecule has 1 aliphatic heterocycles. The third-order valence-electron chi connectivity index (χ3n) is 4.67. The maximum atomic E-state index is 13.1. The number of anilines is 1. The van der Waals surface area contributed by atoms with E-state index in [1.165, 1.54) is 5.01 Å². The van der Waals surface area contributed by atoms with Gasteiger partial charge in [-0.05, 0) is 23.3 Å². The van der Waals surface area contributed by atoms with Crippen LogP contribution in [-0.4, -0.2) is 31.3 Å². The molecular weight excluding hydrogens is 404 g/mol. The van der Waals surface area contributed by atoms with E-state index in [9.17, 15) is 18.1 Å². The molecule has 0 radical (unpaired) electrons. The van der Waals surface area contributed by atoms with Crippen molar-refractivity contribution < 1.29 is 18.4 Å². The van der Waals surface area contributed by atoms with Crippen LogP contribution >= 0.6 is 0 Å². The van der Waals surface area contributed by atoms with E-state index in [1.807, 2.05) is 32.0 Å². The first-order valence-electron chi connectivity index (χ1n) is 9.45. The van der Waals surface area contributed by atoms with Crippen LogP contribution in [0.2, 0.25) is 0 Å². The summed E-state index contributed by atoms with van der Waals surface area (Å²) < 4.78 is 25.2. The summed E-state index contributed by atoms with van der Waals surface area (Å²) in [6.45, 7) is 5.50. The first-order chi connectivity index (χ1) is 14.0. The van der Waals surface area contributed by atoms with E-state index in [1.54, 1.807) is 42.5 Å². The first-order valence-corrected chi connectivity index (χ1v) is 11.3. The Balaban J connectivity index is 1.96. The fourth-order valence-corrected chi connectivity index (χ4v) is 3.79. The van der Waals surface area contributed by atoms with Crippen LogP contribution in [0.4, 0.5) is 11.4 Å².